The van der Waals surface area contributed by atoms with Gasteiger partial charge in [-0.15, -0.1) is 11.3 Å². The first-order valence-corrected chi connectivity index (χ1v) is 15.5. The second-order valence-electron chi connectivity index (χ2n) is 11.6. The van der Waals surface area contributed by atoms with Crippen molar-refractivity contribution in [2.45, 2.75) is 38.6 Å². The van der Waals surface area contributed by atoms with Crippen LogP contribution in [0.15, 0.2) is 53.5 Å². The summed E-state index contributed by atoms with van der Waals surface area (Å²) < 4.78 is 16.5. The molecule has 1 aliphatic heterocycles. The number of nitrogens with zero attached hydrogens (tertiary/aromatic N) is 4. The maximum Gasteiger partial charge on any atom is 0.293 e. The van der Waals surface area contributed by atoms with E-state index in [9.17, 15) is 14.4 Å². The van der Waals surface area contributed by atoms with Gasteiger partial charge in [-0.1, -0.05) is 12.1 Å². The average Bonchev–Trinajstić information content (AvgIpc) is 3.45. The number of anilines is 3. The number of aryl methyl sites for hydroxylation is 3. The third kappa shape index (κ3) is 5.65. The number of fused-ring (bicyclic) bond motifs is 1. The Morgan fingerprint density at radius 2 is 1.77 bits per heavy atom. The SMILES string of the molecule is Cc1c(-c2cn(C)c(=O)c(Nc3ccc(C4C(=O)N(C)CCN4C)cc3)n2)ccc(F)c1NC(=O)c1cc2c(s1)CCCC2. The van der Waals surface area contributed by atoms with Crippen LogP contribution in [0, 0.1) is 12.7 Å². The van der Waals surface area contributed by atoms with Gasteiger partial charge in [0.2, 0.25) is 5.91 Å². The van der Waals surface area contributed by atoms with Crippen LogP contribution < -0.4 is 16.2 Å². The van der Waals surface area contributed by atoms with Crippen LogP contribution in [0.1, 0.15) is 50.1 Å². The second-order valence-corrected chi connectivity index (χ2v) is 12.7. The van der Waals surface area contributed by atoms with Crippen molar-refractivity contribution < 1.29 is 14.0 Å². The van der Waals surface area contributed by atoms with Crippen molar-refractivity contribution in [1.82, 2.24) is 19.4 Å². The number of nitrogens with one attached hydrogen (secondary N) is 2. The summed E-state index contributed by atoms with van der Waals surface area (Å²) in [7, 11) is 5.37. The zero-order valence-corrected chi connectivity index (χ0v) is 26.1. The third-order valence-electron chi connectivity index (χ3n) is 8.55. The largest absolute Gasteiger partial charge is 0.343 e. The van der Waals surface area contributed by atoms with Crippen molar-refractivity contribution in [3.05, 3.63) is 91.3 Å². The molecule has 44 heavy (non-hydrogen) atoms. The molecule has 4 aromatic rings. The van der Waals surface area contributed by atoms with E-state index in [4.69, 9.17) is 0 Å². The van der Waals surface area contributed by atoms with Crippen LogP contribution in [-0.2, 0) is 24.7 Å². The Kier molecular flexibility index (Phi) is 8.08. The molecule has 2 N–H and O–H groups in total. The first-order chi connectivity index (χ1) is 21.1. The van der Waals surface area contributed by atoms with Crippen LogP contribution in [0.5, 0.6) is 0 Å². The first kappa shape index (κ1) is 29.7. The van der Waals surface area contributed by atoms with E-state index in [-0.39, 0.29) is 34.9 Å². The summed E-state index contributed by atoms with van der Waals surface area (Å²) in [5.74, 6) is -0.739. The summed E-state index contributed by atoms with van der Waals surface area (Å²) in [5.41, 5.74) is 4.01. The summed E-state index contributed by atoms with van der Waals surface area (Å²) in [4.78, 5) is 49.2. The molecule has 1 saturated heterocycles. The molecule has 228 valence electrons. The monoisotopic (exact) mass is 614 g/mol. The molecule has 0 bridgehead atoms. The number of benzene rings is 2. The summed E-state index contributed by atoms with van der Waals surface area (Å²) in [6.07, 6.45) is 5.78. The number of rotatable bonds is 6. The van der Waals surface area contributed by atoms with Crippen LogP contribution in [0.2, 0.25) is 0 Å². The van der Waals surface area contributed by atoms with Crippen molar-refractivity contribution in [2.24, 2.45) is 7.05 Å². The van der Waals surface area contributed by atoms with Gasteiger partial charge in [-0.3, -0.25) is 19.3 Å². The number of carbonyl (C=O) groups excluding carboxylic acids is 2. The standard InChI is InChI=1S/C33H35FN6O3S/c1-19-23(13-14-24(34)28(19)37-31(41)27-17-21-7-5-6-8-26(21)44-27)25-18-40(4)33(43)30(36-25)35-22-11-9-20(10-12-22)29-32(42)39(3)16-15-38(29)2/h9-14,17-18,29H,5-8,15-16H2,1-4H3,(H,35,36)(H,37,41). The van der Waals surface area contributed by atoms with Crippen LogP contribution >= 0.6 is 11.3 Å². The molecule has 1 unspecified atom stereocenters. The Morgan fingerprint density at radius 1 is 1.02 bits per heavy atom. The number of hydrogen-bond acceptors (Lipinski definition) is 7. The van der Waals surface area contributed by atoms with E-state index in [1.807, 2.05) is 49.3 Å². The first-order valence-electron chi connectivity index (χ1n) is 14.7. The lowest BCUT2D eigenvalue weighted by atomic mass is 9.99. The van der Waals surface area contributed by atoms with Gasteiger partial charge in [-0.05, 0) is 86.7 Å². The number of carbonyl (C=O) groups is 2. The van der Waals surface area contributed by atoms with Crippen molar-refractivity contribution in [1.29, 1.82) is 0 Å². The predicted molar refractivity (Wildman–Crippen MR) is 171 cm³/mol. The van der Waals surface area contributed by atoms with Gasteiger partial charge < -0.3 is 20.1 Å². The molecule has 1 atom stereocenters. The minimum Gasteiger partial charge on any atom is -0.343 e. The van der Waals surface area contributed by atoms with Gasteiger partial charge in [-0.2, -0.15) is 0 Å². The lowest BCUT2D eigenvalue weighted by Crippen LogP contribution is -2.48. The highest BCUT2D eigenvalue weighted by Gasteiger charge is 2.32. The van der Waals surface area contributed by atoms with E-state index >= 15 is 4.39 Å². The van der Waals surface area contributed by atoms with Crippen LogP contribution in [0.4, 0.5) is 21.6 Å². The molecule has 2 aromatic heterocycles. The van der Waals surface area contributed by atoms with E-state index in [1.165, 1.54) is 32.4 Å². The predicted octanol–water partition coefficient (Wildman–Crippen LogP) is 5.28. The fourth-order valence-electron chi connectivity index (χ4n) is 5.93. The maximum absolute atomic E-state index is 15.1. The summed E-state index contributed by atoms with van der Waals surface area (Å²) in [5, 5.41) is 5.90. The Balaban J connectivity index is 1.26. The van der Waals surface area contributed by atoms with E-state index in [0.717, 1.165) is 37.8 Å². The lowest BCUT2D eigenvalue weighted by Gasteiger charge is -2.37. The van der Waals surface area contributed by atoms with Gasteiger partial charge in [0.05, 0.1) is 16.3 Å². The average molecular weight is 615 g/mol. The number of piperazine rings is 1. The Morgan fingerprint density at radius 3 is 2.52 bits per heavy atom. The molecule has 9 nitrogen and oxygen atoms in total. The molecule has 0 spiro atoms. The quantitative estimate of drug-likeness (QED) is 0.307. The van der Waals surface area contributed by atoms with Gasteiger partial charge in [0, 0.05) is 49.5 Å². The number of hydrogen-bond donors (Lipinski definition) is 2. The fraction of sp³-hybridized carbons (Fsp3) is 0.333. The fourth-order valence-corrected chi connectivity index (χ4v) is 7.08. The third-order valence-corrected chi connectivity index (χ3v) is 9.78. The molecule has 2 aliphatic rings. The molecular formula is C33H35FN6O3S. The summed E-state index contributed by atoms with van der Waals surface area (Å²) >= 11 is 1.48. The highest BCUT2D eigenvalue weighted by atomic mass is 32.1. The second kappa shape index (κ2) is 12.0. The van der Waals surface area contributed by atoms with E-state index < -0.39 is 5.82 Å². The Hall–Kier alpha value is -4.35. The van der Waals surface area contributed by atoms with Gasteiger partial charge in [0.15, 0.2) is 5.82 Å². The van der Waals surface area contributed by atoms with Crippen molar-refractivity contribution in [3.8, 4) is 11.3 Å². The molecule has 11 heteroatoms. The zero-order valence-electron chi connectivity index (χ0n) is 25.2. The number of aromatic nitrogens is 2. The normalized spacial score (nSPS) is 17.0. The molecule has 0 radical (unpaired) electrons. The highest BCUT2D eigenvalue weighted by Crippen LogP contribution is 2.33. The molecule has 2 aromatic carbocycles. The minimum atomic E-state index is -0.544. The smallest absolute Gasteiger partial charge is 0.293 e. The number of amides is 2. The lowest BCUT2D eigenvalue weighted by molar-refractivity contribution is -0.139. The molecule has 1 fully saturated rings. The summed E-state index contributed by atoms with van der Waals surface area (Å²) in [6.45, 7) is 3.20. The Bertz CT molecular complexity index is 1790. The number of thiophene rings is 1. The topological polar surface area (TPSA) is 99.6 Å². The van der Waals surface area contributed by atoms with E-state index in [2.05, 4.69) is 15.6 Å². The molecular weight excluding hydrogens is 579 g/mol. The summed E-state index contributed by atoms with van der Waals surface area (Å²) in [6, 6.07) is 11.8. The highest BCUT2D eigenvalue weighted by molar-refractivity contribution is 7.14. The van der Waals surface area contributed by atoms with Crippen molar-refractivity contribution in [2.75, 3.05) is 37.8 Å². The van der Waals surface area contributed by atoms with Gasteiger partial charge >= 0.3 is 0 Å². The maximum atomic E-state index is 15.1. The van der Waals surface area contributed by atoms with Gasteiger partial charge in [-0.25, -0.2) is 9.37 Å². The zero-order chi connectivity index (χ0) is 31.1. The molecule has 6 rings (SSSR count). The van der Waals surface area contributed by atoms with Gasteiger partial charge in [0.1, 0.15) is 11.9 Å². The number of halogens is 1. The Labute approximate surface area is 259 Å². The van der Waals surface area contributed by atoms with Crippen molar-refractivity contribution in [3.63, 3.8) is 0 Å². The van der Waals surface area contributed by atoms with Crippen LogP contribution in [0.25, 0.3) is 11.3 Å². The van der Waals surface area contributed by atoms with Crippen LogP contribution in [-0.4, -0.2) is 58.4 Å². The minimum absolute atomic E-state index is 0.0439. The molecule has 3 heterocycles. The van der Waals surface area contributed by atoms with Gasteiger partial charge in [0.25, 0.3) is 11.5 Å². The molecule has 2 amide bonds. The molecule has 1 aliphatic carbocycles. The van der Waals surface area contributed by atoms with E-state index in [0.29, 0.717) is 33.9 Å². The molecule has 0 saturated carbocycles. The number of likely N-dealkylation sites (N-methyl/N-ethyl adjacent to an activating group) is 2. The van der Waals surface area contributed by atoms with Crippen LogP contribution in [0.3, 0.4) is 0 Å². The van der Waals surface area contributed by atoms with E-state index in [1.54, 1.807) is 31.1 Å². The van der Waals surface area contributed by atoms with Crippen molar-refractivity contribution >= 4 is 40.3 Å².